The molecule has 0 amide bonds. The second-order valence-electron chi connectivity index (χ2n) is 3.30. The second kappa shape index (κ2) is 4.85. The molecule has 6 heteroatoms. The summed E-state index contributed by atoms with van der Waals surface area (Å²) in [5, 5.41) is 0. The highest BCUT2D eigenvalue weighted by molar-refractivity contribution is 9.10. The highest BCUT2D eigenvalue weighted by Crippen LogP contribution is 2.18. The molecule has 4 nitrogen and oxygen atoms in total. The Morgan fingerprint density at radius 1 is 1.12 bits per heavy atom. The quantitative estimate of drug-likeness (QED) is 0.947. The maximum atomic E-state index is 12.0. The van der Waals surface area contributed by atoms with Gasteiger partial charge in [0.1, 0.15) is 0 Å². The third-order valence-corrected chi connectivity index (χ3v) is 3.91. The third-order valence-electron chi connectivity index (χ3n) is 2.04. The molecule has 0 saturated heterocycles. The van der Waals surface area contributed by atoms with Crippen molar-refractivity contribution in [2.75, 3.05) is 4.72 Å². The van der Waals surface area contributed by atoms with Gasteiger partial charge in [-0.1, -0.05) is 22.0 Å². The number of nitrogens with zero attached hydrogens (tertiary/aromatic N) is 1. The van der Waals surface area contributed by atoms with E-state index in [2.05, 4.69) is 25.6 Å². The molecule has 0 radical (unpaired) electrons. The molecule has 1 N–H and O–H groups in total. The van der Waals surface area contributed by atoms with Gasteiger partial charge in [0.25, 0.3) is 10.0 Å². The lowest BCUT2D eigenvalue weighted by Gasteiger charge is -2.07. The zero-order valence-electron chi connectivity index (χ0n) is 8.67. The van der Waals surface area contributed by atoms with E-state index >= 15 is 0 Å². The average molecular weight is 313 g/mol. The summed E-state index contributed by atoms with van der Waals surface area (Å²) in [6.45, 7) is 0. The number of sulfonamides is 1. The molecule has 0 atom stereocenters. The lowest BCUT2D eigenvalue weighted by molar-refractivity contribution is 0.601. The van der Waals surface area contributed by atoms with Crippen molar-refractivity contribution < 1.29 is 8.42 Å². The fourth-order valence-electron chi connectivity index (χ4n) is 1.27. The van der Waals surface area contributed by atoms with E-state index in [1.165, 1.54) is 18.5 Å². The van der Waals surface area contributed by atoms with Gasteiger partial charge < -0.3 is 0 Å². The van der Waals surface area contributed by atoms with E-state index in [1.54, 1.807) is 30.3 Å². The van der Waals surface area contributed by atoms with Gasteiger partial charge in [0.2, 0.25) is 0 Å². The molecule has 88 valence electrons. The Balaban J connectivity index is 2.32. The summed E-state index contributed by atoms with van der Waals surface area (Å²) in [6, 6.07) is 9.71. The molecule has 0 aliphatic heterocycles. The fourth-order valence-corrected chi connectivity index (χ4v) is 2.92. The first-order valence-electron chi connectivity index (χ1n) is 4.76. The van der Waals surface area contributed by atoms with E-state index in [1.807, 2.05) is 0 Å². The minimum absolute atomic E-state index is 0.212. The van der Waals surface area contributed by atoms with Crippen LogP contribution in [0.25, 0.3) is 0 Å². The minimum atomic E-state index is -3.54. The van der Waals surface area contributed by atoms with E-state index in [9.17, 15) is 8.42 Å². The van der Waals surface area contributed by atoms with Crippen molar-refractivity contribution in [3.8, 4) is 0 Å². The summed E-state index contributed by atoms with van der Waals surface area (Å²) < 4.78 is 27.2. The lowest BCUT2D eigenvalue weighted by atomic mass is 10.4. The van der Waals surface area contributed by atoms with Gasteiger partial charge in [0, 0.05) is 16.9 Å². The number of benzene rings is 1. The molecule has 0 spiro atoms. The van der Waals surface area contributed by atoms with Crippen LogP contribution < -0.4 is 4.72 Å². The minimum Gasteiger partial charge on any atom is -0.280 e. The molecule has 0 aliphatic rings. The van der Waals surface area contributed by atoms with E-state index in [0.717, 1.165) is 4.47 Å². The normalized spacial score (nSPS) is 11.1. The summed E-state index contributed by atoms with van der Waals surface area (Å²) in [5.74, 6) is 0. The average Bonchev–Trinajstić information content (AvgIpc) is 2.30. The molecule has 0 saturated carbocycles. The van der Waals surface area contributed by atoms with Gasteiger partial charge in [-0.15, -0.1) is 0 Å². The van der Waals surface area contributed by atoms with Crippen LogP contribution in [0.2, 0.25) is 0 Å². The van der Waals surface area contributed by atoms with Crippen LogP contribution in [0.1, 0.15) is 0 Å². The lowest BCUT2D eigenvalue weighted by Crippen LogP contribution is -2.12. The van der Waals surface area contributed by atoms with Crippen molar-refractivity contribution in [3.05, 3.63) is 53.3 Å². The number of hydrogen-bond acceptors (Lipinski definition) is 3. The van der Waals surface area contributed by atoms with Crippen LogP contribution in [0.3, 0.4) is 0 Å². The Bertz CT molecular complexity index is 614. The summed E-state index contributed by atoms with van der Waals surface area (Å²) in [6.07, 6.45) is 3.05. The van der Waals surface area contributed by atoms with Gasteiger partial charge in [-0.25, -0.2) is 8.42 Å². The smallest absolute Gasteiger partial charge is 0.261 e. The van der Waals surface area contributed by atoms with Gasteiger partial charge >= 0.3 is 0 Å². The van der Waals surface area contributed by atoms with Crippen molar-refractivity contribution in [1.29, 1.82) is 0 Å². The van der Waals surface area contributed by atoms with Crippen LogP contribution >= 0.6 is 15.9 Å². The number of pyridine rings is 1. The molecular weight excluding hydrogens is 304 g/mol. The number of anilines is 1. The van der Waals surface area contributed by atoms with Crippen LogP contribution in [-0.2, 0) is 10.0 Å². The molecule has 2 aromatic rings. The largest absolute Gasteiger partial charge is 0.280 e. The number of aromatic nitrogens is 1. The Morgan fingerprint density at radius 2 is 1.82 bits per heavy atom. The monoisotopic (exact) mass is 312 g/mol. The van der Waals surface area contributed by atoms with Crippen molar-refractivity contribution in [1.82, 2.24) is 4.98 Å². The zero-order valence-corrected chi connectivity index (χ0v) is 11.1. The topological polar surface area (TPSA) is 59.1 Å². The zero-order chi connectivity index (χ0) is 12.3. The van der Waals surface area contributed by atoms with Crippen LogP contribution in [0.15, 0.2) is 58.2 Å². The number of nitrogens with one attached hydrogen (secondary N) is 1. The molecule has 17 heavy (non-hydrogen) atoms. The molecular formula is C11H9BrN2O2S. The Hall–Kier alpha value is -1.40. The van der Waals surface area contributed by atoms with E-state index in [4.69, 9.17) is 0 Å². The van der Waals surface area contributed by atoms with Gasteiger partial charge in [-0.3, -0.25) is 9.71 Å². The Morgan fingerprint density at radius 3 is 2.47 bits per heavy atom. The summed E-state index contributed by atoms with van der Waals surface area (Å²) in [4.78, 5) is 4.03. The first kappa shape index (κ1) is 12.1. The van der Waals surface area contributed by atoms with Crippen LogP contribution in [0.4, 0.5) is 5.69 Å². The van der Waals surface area contributed by atoms with Crippen molar-refractivity contribution in [2.45, 2.75) is 4.90 Å². The summed E-state index contributed by atoms with van der Waals surface area (Å²) in [7, 11) is -3.54. The number of halogens is 1. The van der Waals surface area contributed by atoms with Crippen LogP contribution in [-0.4, -0.2) is 13.4 Å². The van der Waals surface area contributed by atoms with Gasteiger partial charge in [0.15, 0.2) is 0 Å². The van der Waals surface area contributed by atoms with Crippen molar-refractivity contribution in [2.24, 2.45) is 0 Å². The SMILES string of the molecule is O=S(=O)(Nc1ccncc1)c1cccc(Br)c1. The maximum Gasteiger partial charge on any atom is 0.261 e. The number of rotatable bonds is 3. The molecule has 0 unspecified atom stereocenters. The first-order valence-corrected chi connectivity index (χ1v) is 7.04. The van der Waals surface area contributed by atoms with Crippen molar-refractivity contribution in [3.63, 3.8) is 0 Å². The van der Waals surface area contributed by atoms with Gasteiger partial charge in [0.05, 0.1) is 10.6 Å². The molecule has 2 rings (SSSR count). The molecule has 1 aromatic heterocycles. The highest BCUT2D eigenvalue weighted by Gasteiger charge is 2.13. The molecule has 0 fully saturated rings. The predicted octanol–water partition coefficient (Wildman–Crippen LogP) is 2.64. The van der Waals surface area contributed by atoms with Crippen LogP contribution in [0.5, 0.6) is 0 Å². The molecule has 1 heterocycles. The Kier molecular flexibility index (Phi) is 3.44. The fraction of sp³-hybridized carbons (Fsp3) is 0. The van der Waals surface area contributed by atoms with Gasteiger partial charge in [-0.2, -0.15) is 0 Å². The molecule has 0 aliphatic carbocycles. The number of hydrogen-bond donors (Lipinski definition) is 1. The third kappa shape index (κ3) is 3.04. The summed E-state index contributed by atoms with van der Waals surface area (Å²) in [5.41, 5.74) is 0.486. The second-order valence-corrected chi connectivity index (χ2v) is 5.90. The van der Waals surface area contributed by atoms with Crippen molar-refractivity contribution >= 4 is 31.6 Å². The van der Waals surface area contributed by atoms with E-state index in [0.29, 0.717) is 5.69 Å². The standard InChI is InChI=1S/C11H9BrN2O2S/c12-9-2-1-3-11(8-9)17(15,16)14-10-4-6-13-7-5-10/h1-8H,(H,13,14). The predicted molar refractivity (Wildman–Crippen MR) is 69.2 cm³/mol. The van der Waals surface area contributed by atoms with Crippen LogP contribution in [0, 0.1) is 0 Å². The first-order chi connectivity index (χ1) is 8.08. The summed E-state index contributed by atoms with van der Waals surface area (Å²) >= 11 is 3.24. The molecule has 0 bridgehead atoms. The van der Waals surface area contributed by atoms with Gasteiger partial charge in [-0.05, 0) is 30.3 Å². The van der Waals surface area contributed by atoms with E-state index < -0.39 is 10.0 Å². The highest BCUT2D eigenvalue weighted by atomic mass is 79.9. The Labute approximate surface area is 108 Å². The molecule has 1 aromatic carbocycles. The van der Waals surface area contributed by atoms with E-state index in [-0.39, 0.29) is 4.90 Å². The maximum absolute atomic E-state index is 12.0.